The van der Waals surface area contributed by atoms with Crippen molar-refractivity contribution >= 4 is 11.6 Å². The Hall–Kier alpha value is -2.45. The van der Waals surface area contributed by atoms with E-state index in [9.17, 15) is 5.11 Å². The Bertz CT molecular complexity index is 842. The minimum atomic E-state index is -0.677. The lowest BCUT2D eigenvalue weighted by Gasteiger charge is -2.26. The molecule has 0 bridgehead atoms. The number of benzene rings is 2. The van der Waals surface area contributed by atoms with E-state index in [2.05, 4.69) is 26.0 Å². The number of ether oxygens (including phenoxy) is 2. The first-order valence-corrected chi connectivity index (χ1v) is 12.1. The molecule has 0 spiro atoms. The lowest BCUT2D eigenvalue weighted by molar-refractivity contribution is 0.125. The molecule has 0 aliphatic rings. The molecule has 0 aliphatic heterocycles. The zero-order valence-electron chi connectivity index (χ0n) is 20.7. The molecule has 7 nitrogen and oxygen atoms in total. The molecular weight excluding hydrogens is 454 g/mol. The molecular formula is C26H40ClN3O4. The lowest BCUT2D eigenvalue weighted by Crippen LogP contribution is -2.34. The Morgan fingerprint density at radius 1 is 1.03 bits per heavy atom. The molecule has 190 valence electrons. The maximum absolute atomic E-state index is 9.52. The zero-order chi connectivity index (χ0) is 25.6. The van der Waals surface area contributed by atoms with E-state index < -0.39 is 6.10 Å². The number of nitrogens with zero attached hydrogens (tertiary/aromatic N) is 1. The number of aliphatic hydroxyl groups excluding tert-OH is 2. The zero-order valence-corrected chi connectivity index (χ0v) is 21.5. The van der Waals surface area contributed by atoms with Gasteiger partial charge in [0.05, 0.1) is 24.8 Å². The van der Waals surface area contributed by atoms with E-state index in [1.165, 1.54) is 11.2 Å². The number of alkyl halides is 1. The molecule has 2 aromatic rings. The van der Waals surface area contributed by atoms with Crippen LogP contribution in [-0.4, -0.2) is 53.6 Å². The number of aliphatic hydroxyl groups is 2. The molecule has 0 fully saturated rings. The highest BCUT2D eigenvalue weighted by Gasteiger charge is 2.23. The fourth-order valence-corrected chi connectivity index (χ4v) is 3.24. The number of halogens is 1. The predicted molar refractivity (Wildman–Crippen MR) is 139 cm³/mol. The van der Waals surface area contributed by atoms with Gasteiger partial charge in [-0.2, -0.15) is 0 Å². The highest BCUT2D eigenvalue weighted by Crippen LogP contribution is 2.33. The molecule has 0 radical (unpaired) electrons. The van der Waals surface area contributed by atoms with Gasteiger partial charge >= 0.3 is 0 Å². The third-order valence-corrected chi connectivity index (χ3v) is 5.66. The van der Waals surface area contributed by atoms with Crippen molar-refractivity contribution in [2.45, 2.75) is 45.6 Å². The molecule has 0 saturated carbocycles. The van der Waals surface area contributed by atoms with Crippen LogP contribution < -0.4 is 21.1 Å². The Kier molecular flexibility index (Phi) is 13.4. The van der Waals surface area contributed by atoms with Gasteiger partial charge in [0.15, 0.2) is 0 Å². The van der Waals surface area contributed by atoms with Crippen molar-refractivity contribution in [3.8, 4) is 11.5 Å². The second kappa shape index (κ2) is 15.5. The fraction of sp³-hybridized carbons (Fsp3) is 0.462. The SMILES string of the molecule is CC.CC(C)(c1ccc(OCCCN(N)/C(=C\N)CO)cc1)c1ccc(OCC(O)CCl)cc1. The second-order valence-electron chi connectivity index (χ2n) is 8.00. The largest absolute Gasteiger partial charge is 0.494 e. The highest BCUT2D eigenvalue weighted by molar-refractivity contribution is 6.18. The lowest BCUT2D eigenvalue weighted by atomic mass is 9.78. The number of hydrogen-bond donors (Lipinski definition) is 4. The average molecular weight is 494 g/mol. The molecule has 0 aliphatic carbocycles. The molecule has 0 saturated heterocycles. The van der Waals surface area contributed by atoms with E-state index in [0.29, 0.717) is 31.0 Å². The van der Waals surface area contributed by atoms with Gasteiger partial charge in [0.25, 0.3) is 0 Å². The van der Waals surface area contributed by atoms with Crippen LogP contribution in [0.3, 0.4) is 0 Å². The normalized spacial score (nSPS) is 12.4. The Balaban J connectivity index is 0.00000281. The first kappa shape index (κ1) is 29.6. The van der Waals surface area contributed by atoms with Crippen molar-refractivity contribution in [1.82, 2.24) is 5.01 Å². The average Bonchev–Trinajstić information content (AvgIpc) is 2.87. The summed E-state index contributed by atoms with van der Waals surface area (Å²) < 4.78 is 11.4. The standard InChI is InChI=1S/C24H34ClN3O4.C2H6/c1-24(2,19-6-10-23(11-7-19)32-17-21(30)14-25)18-4-8-22(9-5-18)31-13-3-12-28(27)20(15-26)16-29;1-2/h4-11,15,21,29-30H,3,12-14,16-17,26-27H2,1-2H3;1-2H3/b20-15-;. The number of hydrogen-bond acceptors (Lipinski definition) is 7. The van der Waals surface area contributed by atoms with Gasteiger partial charge in [0.1, 0.15) is 24.2 Å². The number of hydrazine groups is 1. The first-order chi connectivity index (χ1) is 16.3. The Labute approximate surface area is 208 Å². The van der Waals surface area contributed by atoms with E-state index in [4.69, 9.17) is 37.8 Å². The minimum Gasteiger partial charge on any atom is -0.494 e. The van der Waals surface area contributed by atoms with Gasteiger partial charge < -0.3 is 30.4 Å². The summed E-state index contributed by atoms with van der Waals surface area (Å²) >= 11 is 5.59. The minimum absolute atomic E-state index is 0.145. The van der Waals surface area contributed by atoms with E-state index in [0.717, 1.165) is 16.9 Å². The van der Waals surface area contributed by atoms with Crippen LogP contribution in [-0.2, 0) is 5.41 Å². The maximum Gasteiger partial charge on any atom is 0.119 e. The predicted octanol–water partition coefficient (Wildman–Crippen LogP) is 3.75. The van der Waals surface area contributed by atoms with Crippen LogP contribution in [0.25, 0.3) is 0 Å². The third-order valence-electron chi connectivity index (χ3n) is 5.31. The molecule has 34 heavy (non-hydrogen) atoms. The van der Waals surface area contributed by atoms with Gasteiger partial charge in [0.2, 0.25) is 0 Å². The molecule has 2 rings (SSSR count). The van der Waals surface area contributed by atoms with Crippen molar-refractivity contribution in [2.24, 2.45) is 11.6 Å². The summed E-state index contributed by atoms with van der Waals surface area (Å²) in [7, 11) is 0. The maximum atomic E-state index is 9.52. The summed E-state index contributed by atoms with van der Waals surface area (Å²) in [6, 6.07) is 15.9. The van der Waals surface area contributed by atoms with Crippen LogP contribution in [0.5, 0.6) is 11.5 Å². The monoisotopic (exact) mass is 493 g/mol. The molecule has 8 heteroatoms. The molecule has 1 atom stereocenters. The van der Waals surface area contributed by atoms with Crippen LogP contribution in [0.15, 0.2) is 60.4 Å². The third kappa shape index (κ3) is 9.06. The summed E-state index contributed by atoms with van der Waals surface area (Å²) in [6.07, 6.45) is 1.31. The molecule has 0 aromatic heterocycles. The van der Waals surface area contributed by atoms with Crippen molar-refractivity contribution in [2.75, 3.05) is 32.2 Å². The van der Waals surface area contributed by atoms with Gasteiger partial charge in [-0.25, -0.2) is 5.84 Å². The summed E-state index contributed by atoms with van der Waals surface area (Å²) in [5.74, 6) is 7.46. The quantitative estimate of drug-likeness (QED) is 0.145. The van der Waals surface area contributed by atoms with Crippen LogP contribution in [0.2, 0.25) is 0 Å². The molecule has 0 heterocycles. The van der Waals surface area contributed by atoms with Crippen LogP contribution >= 0.6 is 11.6 Å². The van der Waals surface area contributed by atoms with E-state index in [1.807, 2.05) is 50.2 Å². The number of rotatable bonds is 13. The first-order valence-electron chi connectivity index (χ1n) is 11.6. The van der Waals surface area contributed by atoms with Crippen LogP contribution in [0, 0.1) is 0 Å². The summed E-state index contributed by atoms with van der Waals surface area (Å²) in [5, 5.41) is 20.1. The smallest absolute Gasteiger partial charge is 0.119 e. The van der Waals surface area contributed by atoms with Crippen molar-refractivity contribution in [3.05, 3.63) is 71.6 Å². The second-order valence-corrected chi connectivity index (χ2v) is 8.31. The highest BCUT2D eigenvalue weighted by atomic mass is 35.5. The van der Waals surface area contributed by atoms with Crippen molar-refractivity contribution < 1.29 is 19.7 Å². The topological polar surface area (TPSA) is 114 Å². The van der Waals surface area contributed by atoms with Crippen molar-refractivity contribution in [1.29, 1.82) is 0 Å². The van der Waals surface area contributed by atoms with Gasteiger partial charge in [-0.3, -0.25) is 0 Å². The number of nitrogens with two attached hydrogens (primary N) is 2. The van der Waals surface area contributed by atoms with Gasteiger partial charge in [-0.15, -0.1) is 11.6 Å². The van der Waals surface area contributed by atoms with E-state index in [1.54, 1.807) is 0 Å². The summed E-state index contributed by atoms with van der Waals surface area (Å²) in [6.45, 7) is 9.32. The van der Waals surface area contributed by atoms with Gasteiger partial charge in [-0.1, -0.05) is 52.0 Å². The van der Waals surface area contributed by atoms with Gasteiger partial charge in [0, 0.05) is 24.6 Å². The van der Waals surface area contributed by atoms with Crippen LogP contribution in [0.1, 0.15) is 45.2 Å². The van der Waals surface area contributed by atoms with E-state index >= 15 is 0 Å². The van der Waals surface area contributed by atoms with Crippen molar-refractivity contribution in [3.63, 3.8) is 0 Å². The molecule has 0 amide bonds. The molecule has 2 aromatic carbocycles. The summed E-state index contributed by atoms with van der Waals surface area (Å²) in [4.78, 5) is 0. The Morgan fingerprint density at radius 3 is 1.97 bits per heavy atom. The molecule has 6 N–H and O–H groups in total. The van der Waals surface area contributed by atoms with Crippen LogP contribution in [0.4, 0.5) is 0 Å². The van der Waals surface area contributed by atoms with Gasteiger partial charge in [-0.05, 0) is 35.4 Å². The molecule has 1 unspecified atom stereocenters. The summed E-state index contributed by atoms with van der Waals surface area (Å²) in [5.41, 5.74) is 7.99. The Morgan fingerprint density at radius 2 is 1.53 bits per heavy atom. The van der Waals surface area contributed by atoms with E-state index in [-0.39, 0.29) is 24.5 Å². The fourth-order valence-electron chi connectivity index (χ4n) is 3.15.